The number of nitrogens with zero attached hydrogens (tertiary/aromatic N) is 3. The van der Waals surface area contributed by atoms with Crippen molar-refractivity contribution in [2.24, 2.45) is 5.10 Å². The molecule has 0 amide bonds. The number of hydrogen-bond acceptors (Lipinski definition) is 5. The van der Waals surface area contributed by atoms with Crippen molar-refractivity contribution >= 4 is 24.5 Å². The van der Waals surface area contributed by atoms with E-state index in [0.29, 0.717) is 22.1 Å². The number of ether oxygens (including phenoxy) is 2. The number of aromatic amines is 1. The van der Waals surface area contributed by atoms with Gasteiger partial charge in [0.2, 0.25) is 4.77 Å². The van der Waals surface area contributed by atoms with E-state index in [0.717, 1.165) is 11.1 Å². The maximum atomic E-state index is 5.34. The lowest BCUT2D eigenvalue weighted by atomic mass is 10.2. The summed E-state index contributed by atoms with van der Waals surface area (Å²) < 4.78 is 12.6. The van der Waals surface area contributed by atoms with Gasteiger partial charge in [-0.25, -0.2) is 5.10 Å². The van der Waals surface area contributed by atoms with Crippen LogP contribution in [0.15, 0.2) is 59.7 Å². The minimum absolute atomic E-state index is 0.402. The Morgan fingerprint density at radius 1 is 1.08 bits per heavy atom. The van der Waals surface area contributed by atoms with E-state index in [1.54, 1.807) is 25.1 Å². The molecule has 0 aliphatic rings. The molecule has 2 aromatic carbocycles. The predicted molar refractivity (Wildman–Crippen MR) is 105 cm³/mol. The molecule has 26 heavy (non-hydrogen) atoms. The molecular weight excluding hydrogens is 348 g/mol. The summed E-state index contributed by atoms with van der Waals surface area (Å²) in [5.41, 5.74) is 1.90. The Hall–Kier alpha value is -3.19. The zero-order chi connectivity index (χ0) is 18.4. The van der Waals surface area contributed by atoms with Crippen LogP contribution in [0, 0.1) is 4.77 Å². The van der Waals surface area contributed by atoms with E-state index in [1.807, 2.05) is 60.7 Å². The number of hydrogen-bond donors (Lipinski definition) is 1. The highest BCUT2D eigenvalue weighted by Gasteiger charge is 2.11. The van der Waals surface area contributed by atoms with Gasteiger partial charge in [-0.05, 0) is 42.1 Å². The molecule has 0 radical (unpaired) electrons. The minimum atomic E-state index is 0.402. The molecule has 3 aromatic rings. The van der Waals surface area contributed by atoms with Gasteiger partial charge in [0.05, 0.1) is 14.2 Å². The molecular formula is C19H18N4O2S. The van der Waals surface area contributed by atoms with E-state index in [9.17, 15) is 0 Å². The molecule has 1 aromatic heterocycles. The first-order valence-electron chi connectivity index (χ1n) is 7.89. The first-order chi connectivity index (χ1) is 12.7. The quantitative estimate of drug-likeness (QED) is 0.525. The Kier molecular flexibility index (Phi) is 5.60. The second kappa shape index (κ2) is 8.26. The SMILES string of the molecule is COc1ccc(-c2n[nH]c(=S)n2/N=C/C=C/c2ccccc2)cc1OC. The highest BCUT2D eigenvalue weighted by Crippen LogP contribution is 2.31. The van der Waals surface area contributed by atoms with Crippen LogP contribution in [-0.4, -0.2) is 35.3 Å². The molecule has 1 heterocycles. The lowest BCUT2D eigenvalue weighted by Gasteiger charge is -2.08. The predicted octanol–water partition coefficient (Wildman–Crippen LogP) is 4.17. The number of allylic oxidation sites excluding steroid dienone is 1. The van der Waals surface area contributed by atoms with Crippen molar-refractivity contribution in [1.82, 2.24) is 14.9 Å². The molecule has 0 aliphatic heterocycles. The van der Waals surface area contributed by atoms with Crippen LogP contribution in [0.2, 0.25) is 0 Å². The van der Waals surface area contributed by atoms with Crippen molar-refractivity contribution in [3.63, 3.8) is 0 Å². The Labute approximate surface area is 156 Å². The second-order valence-electron chi connectivity index (χ2n) is 5.27. The van der Waals surface area contributed by atoms with Crippen molar-refractivity contribution in [2.45, 2.75) is 0 Å². The fourth-order valence-corrected chi connectivity index (χ4v) is 2.56. The highest BCUT2D eigenvalue weighted by atomic mass is 32.1. The molecule has 0 aliphatic carbocycles. The molecule has 0 saturated heterocycles. The Bertz CT molecular complexity index is 990. The number of benzene rings is 2. The van der Waals surface area contributed by atoms with Gasteiger partial charge in [0.1, 0.15) is 0 Å². The molecule has 0 bridgehead atoms. The Morgan fingerprint density at radius 2 is 1.85 bits per heavy atom. The van der Waals surface area contributed by atoms with Crippen molar-refractivity contribution < 1.29 is 9.47 Å². The van der Waals surface area contributed by atoms with Gasteiger partial charge < -0.3 is 9.47 Å². The van der Waals surface area contributed by atoms with Crippen LogP contribution in [0.25, 0.3) is 17.5 Å². The Balaban J connectivity index is 1.89. The van der Waals surface area contributed by atoms with Crippen molar-refractivity contribution in [3.8, 4) is 22.9 Å². The molecule has 0 saturated carbocycles. The lowest BCUT2D eigenvalue weighted by Crippen LogP contribution is -1.96. The van der Waals surface area contributed by atoms with Crippen LogP contribution in [0.5, 0.6) is 11.5 Å². The van der Waals surface area contributed by atoms with E-state index in [-0.39, 0.29) is 0 Å². The monoisotopic (exact) mass is 366 g/mol. The van der Waals surface area contributed by atoms with Gasteiger partial charge in [0.15, 0.2) is 17.3 Å². The van der Waals surface area contributed by atoms with Crippen molar-refractivity contribution in [3.05, 3.63) is 64.9 Å². The zero-order valence-corrected chi connectivity index (χ0v) is 15.2. The first kappa shape index (κ1) is 17.6. The van der Waals surface area contributed by atoms with Crippen LogP contribution in [0.4, 0.5) is 0 Å². The number of aromatic nitrogens is 3. The molecule has 0 spiro atoms. The normalized spacial score (nSPS) is 11.3. The minimum Gasteiger partial charge on any atom is -0.493 e. The molecule has 132 valence electrons. The molecule has 3 rings (SSSR count). The van der Waals surface area contributed by atoms with Gasteiger partial charge in [-0.15, -0.1) is 0 Å². The van der Waals surface area contributed by atoms with Gasteiger partial charge >= 0.3 is 0 Å². The fourth-order valence-electron chi connectivity index (χ4n) is 2.38. The van der Waals surface area contributed by atoms with Gasteiger partial charge in [-0.3, -0.25) is 0 Å². The van der Waals surface area contributed by atoms with E-state index in [4.69, 9.17) is 21.7 Å². The van der Waals surface area contributed by atoms with Crippen LogP contribution >= 0.6 is 12.2 Å². The van der Waals surface area contributed by atoms with Crippen molar-refractivity contribution in [2.75, 3.05) is 14.2 Å². The summed E-state index contributed by atoms with van der Waals surface area (Å²) in [4.78, 5) is 0. The number of rotatable bonds is 6. The zero-order valence-electron chi connectivity index (χ0n) is 14.4. The van der Waals surface area contributed by atoms with E-state index < -0.39 is 0 Å². The molecule has 0 unspecified atom stereocenters. The van der Waals surface area contributed by atoms with Crippen LogP contribution < -0.4 is 9.47 Å². The van der Waals surface area contributed by atoms with Crippen molar-refractivity contribution in [1.29, 1.82) is 0 Å². The van der Waals surface area contributed by atoms with Crippen LogP contribution in [0.1, 0.15) is 5.56 Å². The molecule has 7 heteroatoms. The fraction of sp³-hybridized carbons (Fsp3) is 0.105. The van der Waals surface area contributed by atoms with E-state index >= 15 is 0 Å². The third-order valence-electron chi connectivity index (χ3n) is 3.65. The summed E-state index contributed by atoms with van der Waals surface area (Å²) in [7, 11) is 3.18. The summed E-state index contributed by atoms with van der Waals surface area (Å²) in [6.45, 7) is 0. The third-order valence-corrected chi connectivity index (χ3v) is 3.91. The van der Waals surface area contributed by atoms with Gasteiger partial charge in [-0.1, -0.05) is 36.4 Å². The first-order valence-corrected chi connectivity index (χ1v) is 8.29. The van der Waals surface area contributed by atoms with Gasteiger partial charge in [0, 0.05) is 11.8 Å². The average Bonchev–Trinajstić information content (AvgIpc) is 3.06. The maximum absolute atomic E-state index is 5.34. The average molecular weight is 366 g/mol. The van der Waals surface area contributed by atoms with Gasteiger partial charge in [-0.2, -0.15) is 14.9 Å². The second-order valence-corrected chi connectivity index (χ2v) is 5.65. The molecule has 0 fully saturated rings. The highest BCUT2D eigenvalue weighted by molar-refractivity contribution is 7.71. The molecule has 1 N–H and O–H groups in total. The topological polar surface area (TPSA) is 64.4 Å². The summed E-state index contributed by atoms with van der Waals surface area (Å²) in [5, 5.41) is 11.4. The van der Waals surface area contributed by atoms with Crippen LogP contribution in [-0.2, 0) is 0 Å². The lowest BCUT2D eigenvalue weighted by molar-refractivity contribution is 0.355. The van der Waals surface area contributed by atoms with E-state index in [2.05, 4.69) is 15.3 Å². The summed E-state index contributed by atoms with van der Waals surface area (Å²) in [5.74, 6) is 1.84. The smallest absolute Gasteiger partial charge is 0.216 e. The molecule has 0 atom stereocenters. The summed E-state index contributed by atoms with van der Waals surface area (Å²) in [6, 6.07) is 15.5. The van der Waals surface area contributed by atoms with E-state index in [1.165, 1.54) is 0 Å². The van der Waals surface area contributed by atoms with Gasteiger partial charge in [0.25, 0.3) is 0 Å². The number of nitrogens with one attached hydrogen (secondary N) is 1. The summed E-state index contributed by atoms with van der Waals surface area (Å²) >= 11 is 5.28. The number of methoxy groups -OCH3 is 2. The Morgan fingerprint density at radius 3 is 2.58 bits per heavy atom. The largest absolute Gasteiger partial charge is 0.493 e. The summed E-state index contributed by atoms with van der Waals surface area (Å²) in [6.07, 6.45) is 5.48. The standard InChI is InChI=1S/C19H18N4O2S/c1-24-16-11-10-15(13-17(16)25-2)18-21-22-19(26)23(18)20-12-6-9-14-7-4-3-5-8-14/h3-13H,1-2H3,(H,22,26)/b9-6+,20-12+. The molecule has 6 nitrogen and oxygen atoms in total. The number of H-pyrrole nitrogens is 1. The van der Waals surface area contributed by atoms with Crippen LogP contribution in [0.3, 0.4) is 0 Å². The maximum Gasteiger partial charge on any atom is 0.216 e. The third kappa shape index (κ3) is 3.89.